The topological polar surface area (TPSA) is 26.3 Å². The molecule has 5 heteroatoms. The highest BCUT2D eigenvalue weighted by atomic mass is 35.5. The van der Waals surface area contributed by atoms with Crippen molar-refractivity contribution in [3.8, 4) is 0 Å². The molecule has 0 fully saturated rings. The molecule has 0 N–H and O–H groups in total. The van der Waals surface area contributed by atoms with Crippen molar-refractivity contribution in [1.29, 1.82) is 0 Å². The number of hydrogen-bond donors (Lipinski definition) is 0. The van der Waals surface area contributed by atoms with E-state index in [2.05, 4.69) is 0 Å². The molecule has 0 saturated carbocycles. The maximum atomic E-state index is 12.1. The minimum absolute atomic E-state index is 0.349. The number of halogens is 3. The van der Waals surface area contributed by atoms with Gasteiger partial charge in [-0.15, -0.1) is 0 Å². The second-order valence-electron chi connectivity index (χ2n) is 4.90. The van der Waals surface area contributed by atoms with Crippen LogP contribution in [0.2, 0.25) is 15.1 Å². The lowest BCUT2D eigenvalue weighted by Crippen LogP contribution is -2.14. The maximum absolute atomic E-state index is 12.1. The van der Waals surface area contributed by atoms with Gasteiger partial charge in [-0.05, 0) is 35.7 Å². The predicted octanol–water partition coefficient (Wildman–Crippen LogP) is 6.01. The average molecular weight is 370 g/mol. The van der Waals surface area contributed by atoms with Crippen LogP contribution in [0.15, 0.2) is 48.5 Å². The monoisotopic (exact) mass is 368 g/mol. The minimum Gasteiger partial charge on any atom is -0.469 e. The van der Waals surface area contributed by atoms with Gasteiger partial charge >= 0.3 is 5.97 Å². The van der Waals surface area contributed by atoms with Crippen molar-refractivity contribution in [2.24, 2.45) is 0 Å². The third-order valence-corrected chi connectivity index (χ3v) is 4.30. The van der Waals surface area contributed by atoms with Crippen molar-refractivity contribution in [3.63, 3.8) is 0 Å². The fraction of sp³-hybridized carbons (Fsp3) is 0.167. The molecule has 0 saturated heterocycles. The summed E-state index contributed by atoms with van der Waals surface area (Å²) in [5, 5.41) is 1.62. The van der Waals surface area contributed by atoms with E-state index in [9.17, 15) is 4.79 Å². The van der Waals surface area contributed by atoms with Gasteiger partial charge in [-0.1, -0.05) is 71.2 Å². The Balaban J connectivity index is 2.23. The molecule has 2 nitrogen and oxygen atoms in total. The molecule has 0 aliphatic heterocycles. The largest absolute Gasteiger partial charge is 0.469 e. The number of methoxy groups -OCH3 is 1. The van der Waals surface area contributed by atoms with Gasteiger partial charge in [0.25, 0.3) is 0 Å². The van der Waals surface area contributed by atoms with E-state index in [1.54, 1.807) is 18.2 Å². The van der Waals surface area contributed by atoms with Crippen LogP contribution in [-0.2, 0) is 9.53 Å². The average Bonchev–Trinajstić information content (AvgIpc) is 2.53. The van der Waals surface area contributed by atoms with Crippen LogP contribution in [0.1, 0.15) is 23.5 Å². The van der Waals surface area contributed by atoms with Crippen LogP contribution in [0.4, 0.5) is 0 Å². The maximum Gasteiger partial charge on any atom is 0.313 e. The Morgan fingerprint density at radius 1 is 1.13 bits per heavy atom. The minimum atomic E-state index is -0.497. The molecule has 2 aromatic carbocycles. The van der Waals surface area contributed by atoms with Crippen molar-refractivity contribution < 1.29 is 9.53 Å². The van der Waals surface area contributed by atoms with E-state index in [1.807, 2.05) is 36.4 Å². The number of carbonyl (C=O) groups is 1. The standard InChI is InChI=1S/C18H15Cl3O2/c1-23-18(22)15(14-10-9-13(19)11-17(14)21)7-4-6-12-5-2-3-8-16(12)20/h2-6,8-11,15H,7H2,1H3/b6-4+. The van der Waals surface area contributed by atoms with Gasteiger partial charge < -0.3 is 4.74 Å². The van der Waals surface area contributed by atoms with Gasteiger partial charge in [0.15, 0.2) is 0 Å². The molecule has 0 amide bonds. The molecule has 2 rings (SSSR count). The van der Waals surface area contributed by atoms with Gasteiger partial charge in [0.1, 0.15) is 0 Å². The van der Waals surface area contributed by atoms with E-state index in [4.69, 9.17) is 39.5 Å². The van der Waals surface area contributed by atoms with Gasteiger partial charge in [-0.3, -0.25) is 4.79 Å². The predicted molar refractivity (Wildman–Crippen MR) is 96.3 cm³/mol. The lowest BCUT2D eigenvalue weighted by molar-refractivity contribution is -0.142. The number of esters is 1. The highest BCUT2D eigenvalue weighted by Crippen LogP contribution is 2.31. The third kappa shape index (κ3) is 4.74. The molecule has 0 aliphatic rings. The Hall–Kier alpha value is -1.48. The van der Waals surface area contributed by atoms with Crippen LogP contribution in [0.3, 0.4) is 0 Å². The van der Waals surface area contributed by atoms with Gasteiger partial charge in [0.2, 0.25) is 0 Å². The van der Waals surface area contributed by atoms with Gasteiger partial charge in [0.05, 0.1) is 13.0 Å². The van der Waals surface area contributed by atoms with Crippen LogP contribution in [0.5, 0.6) is 0 Å². The Labute approximate surface area is 150 Å². The van der Waals surface area contributed by atoms with E-state index >= 15 is 0 Å². The quantitative estimate of drug-likeness (QED) is 0.603. The summed E-state index contributed by atoms with van der Waals surface area (Å²) in [6.45, 7) is 0. The fourth-order valence-corrected chi connectivity index (χ4v) is 2.96. The fourth-order valence-electron chi connectivity index (χ4n) is 2.22. The summed E-state index contributed by atoms with van der Waals surface area (Å²) in [5.41, 5.74) is 1.58. The summed E-state index contributed by atoms with van der Waals surface area (Å²) in [4.78, 5) is 12.1. The first kappa shape index (κ1) is 17.9. The Kier molecular flexibility index (Phi) is 6.52. The molecular formula is C18H15Cl3O2. The normalized spacial score (nSPS) is 12.3. The lowest BCUT2D eigenvalue weighted by Gasteiger charge is -2.15. The second kappa shape index (κ2) is 8.39. The van der Waals surface area contributed by atoms with Crippen molar-refractivity contribution in [1.82, 2.24) is 0 Å². The van der Waals surface area contributed by atoms with E-state index in [0.717, 1.165) is 5.56 Å². The summed E-state index contributed by atoms with van der Waals surface area (Å²) in [6.07, 6.45) is 4.20. The van der Waals surface area contributed by atoms with Gasteiger partial charge in [-0.2, -0.15) is 0 Å². The second-order valence-corrected chi connectivity index (χ2v) is 6.15. The molecule has 1 unspecified atom stereocenters. The zero-order chi connectivity index (χ0) is 16.8. The number of allylic oxidation sites excluding steroid dienone is 1. The van der Waals surface area contributed by atoms with Crippen molar-refractivity contribution in [2.45, 2.75) is 12.3 Å². The first-order valence-corrected chi connectivity index (χ1v) is 8.10. The Bertz CT molecular complexity index is 726. The van der Waals surface area contributed by atoms with Crippen molar-refractivity contribution in [3.05, 3.63) is 74.7 Å². The van der Waals surface area contributed by atoms with E-state index in [1.165, 1.54) is 7.11 Å². The molecule has 0 bridgehead atoms. The molecule has 120 valence electrons. The van der Waals surface area contributed by atoms with Crippen molar-refractivity contribution in [2.75, 3.05) is 7.11 Å². The van der Waals surface area contributed by atoms with Crippen LogP contribution < -0.4 is 0 Å². The SMILES string of the molecule is COC(=O)C(C/C=C/c1ccccc1Cl)c1ccc(Cl)cc1Cl. The first-order chi connectivity index (χ1) is 11.0. The Morgan fingerprint density at radius 2 is 1.87 bits per heavy atom. The van der Waals surface area contributed by atoms with Crippen LogP contribution >= 0.6 is 34.8 Å². The van der Waals surface area contributed by atoms with Gasteiger partial charge in [-0.25, -0.2) is 0 Å². The molecule has 2 aromatic rings. The van der Waals surface area contributed by atoms with Crippen LogP contribution in [0.25, 0.3) is 6.08 Å². The molecule has 0 heterocycles. The zero-order valence-corrected chi connectivity index (χ0v) is 14.7. The summed E-state index contributed by atoms with van der Waals surface area (Å²) in [7, 11) is 1.36. The van der Waals surface area contributed by atoms with Crippen LogP contribution in [0, 0.1) is 0 Å². The molecule has 0 aromatic heterocycles. The number of hydrogen-bond acceptors (Lipinski definition) is 2. The summed E-state index contributed by atoms with van der Waals surface area (Å²) < 4.78 is 4.89. The highest BCUT2D eigenvalue weighted by molar-refractivity contribution is 6.35. The Morgan fingerprint density at radius 3 is 2.52 bits per heavy atom. The number of rotatable bonds is 5. The summed E-state index contributed by atoms with van der Waals surface area (Å²) in [6, 6.07) is 12.6. The van der Waals surface area contributed by atoms with Crippen LogP contribution in [-0.4, -0.2) is 13.1 Å². The molecule has 1 atom stereocenters. The van der Waals surface area contributed by atoms with E-state index in [0.29, 0.717) is 27.1 Å². The molecule has 23 heavy (non-hydrogen) atoms. The zero-order valence-electron chi connectivity index (χ0n) is 12.4. The molecular weight excluding hydrogens is 355 g/mol. The number of ether oxygens (including phenoxy) is 1. The van der Waals surface area contributed by atoms with E-state index in [-0.39, 0.29) is 5.97 Å². The highest BCUT2D eigenvalue weighted by Gasteiger charge is 2.22. The molecule has 0 radical (unpaired) electrons. The number of carbonyl (C=O) groups excluding carboxylic acids is 1. The van der Waals surface area contributed by atoms with Crippen molar-refractivity contribution >= 4 is 46.8 Å². The molecule has 0 aliphatic carbocycles. The van der Waals surface area contributed by atoms with Gasteiger partial charge in [0, 0.05) is 15.1 Å². The number of benzene rings is 2. The smallest absolute Gasteiger partial charge is 0.313 e. The molecule has 0 spiro atoms. The van der Waals surface area contributed by atoms with E-state index < -0.39 is 5.92 Å². The lowest BCUT2D eigenvalue weighted by atomic mass is 9.95. The summed E-state index contributed by atoms with van der Waals surface area (Å²) >= 11 is 18.2. The summed E-state index contributed by atoms with van der Waals surface area (Å²) in [5.74, 6) is -0.846. The third-order valence-electron chi connectivity index (χ3n) is 3.40. The first-order valence-electron chi connectivity index (χ1n) is 6.96.